The van der Waals surface area contributed by atoms with E-state index in [-0.39, 0.29) is 29.4 Å². The van der Waals surface area contributed by atoms with E-state index in [1.54, 1.807) is 0 Å². The van der Waals surface area contributed by atoms with Crippen LogP contribution in [0.4, 0.5) is 19.1 Å². The number of hydrogen-bond donors (Lipinski definition) is 3. The second-order valence-corrected chi connectivity index (χ2v) is 10.6. The molecule has 3 aliphatic rings. The first-order chi connectivity index (χ1) is 18.5. The largest absolute Gasteiger partial charge is 0.480 e. The first-order valence-corrected chi connectivity index (χ1v) is 13.0. The molecule has 12 heteroatoms. The van der Waals surface area contributed by atoms with Crippen LogP contribution in [0.3, 0.4) is 0 Å². The first kappa shape index (κ1) is 27.4. The van der Waals surface area contributed by atoms with Crippen LogP contribution in [-0.4, -0.2) is 53.0 Å². The van der Waals surface area contributed by atoms with Gasteiger partial charge in [0.1, 0.15) is 6.04 Å². The lowest BCUT2D eigenvalue weighted by Gasteiger charge is -2.32. The molecule has 0 saturated carbocycles. The standard InChI is InChI=1S/C27H28ClF3N4O4/c28-17-3-4-18(19(10-17)16-2-1-9-38-13-16)23(27(29,30)31)39-22-11-20(34-25(32)35-22)15-5-7-26(8-6-15)12-21(24(36)37)33-14-26/h2-5,10-11,21,23,33H,1,6-9,12-14H2,(H,36,37)(H2,32,34,35). The minimum absolute atomic E-state index is 0.108. The number of rotatable bonds is 6. The summed E-state index contributed by atoms with van der Waals surface area (Å²) in [5, 5.41) is 12.7. The lowest BCUT2D eigenvalue weighted by atomic mass is 9.73. The summed E-state index contributed by atoms with van der Waals surface area (Å²) in [5.74, 6) is -1.38. The SMILES string of the molecule is Nc1nc(OC(c2ccc(Cl)cc2C2=CCCOC2)C(F)(F)F)cc(C2=CCC3(CC2)CNC(C(=O)O)C3)n1. The molecule has 2 aromatic rings. The van der Waals surface area contributed by atoms with E-state index in [1.165, 1.54) is 24.3 Å². The van der Waals surface area contributed by atoms with Crippen LogP contribution in [0.5, 0.6) is 5.88 Å². The summed E-state index contributed by atoms with van der Waals surface area (Å²) >= 11 is 6.14. The number of halogens is 4. The van der Waals surface area contributed by atoms with Gasteiger partial charge in [-0.1, -0.05) is 29.8 Å². The number of benzene rings is 1. The zero-order chi connectivity index (χ0) is 27.8. The van der Waals surface area contributed by atoms with E-state index in [9.17, 15) is 23.1 Å². The third-order valence-electron chi connectivity index (χ3n) is 7.50. The molecule has 208 valence electrons. The molecule has 39 heavy (non-hydrogen) atoms. The molecule has 0 radical (unpaired) electrons. The summed E-state index contributed by atoms with van der Waals surface area (Å²) in [6.07, 6.45) is -0.313. The van der Waals surface area contributed by atoms with Gasteiger partial charge in [-0.15, -0.1) is 0 Å². The molecule has 3 unspecified atom stereocenters. The topological polar surface area (TPSA) is 120 Å². The lowest BCUT2D eigenvalue weighted by Crippen LogP contribution is -2.30. The second kappa shape index (κ2) is 10.8. The Labute approximate surface area is 228 Å². The van der Waals surface area contributed by atoms with Gasteiger partial charge in [0.15, 0.2) is 0 Å². The van der Waals surface area contributed by atoms with E-state index in [4.69, 9.17) is 26.8 Å². The van der Waals surface area contributed by atoms with E-state index in [2.05, 4.69) is 15.3 Å². The number of nitrogens with one attached hydrogen (secondary N) is 1. The van der Waals surface area contributed by atoms with Crippen molar-refractivity contribution in [2.45, 2.75) is 50.4 Å². The van der Waals surface area contributed by atoms with Gasteiger partial charge in [0.2, 0.25) is 17.9 Å². The first-order valence-electron chi connectivity index (χ1n) is 12.6. The normalized spacial score (nSPS) is 24.3. The number of carbonyl (C=O) groups is 1. The highest BCUT2D eigenvalue weighted by Gasteiger charge is 2.45. The molecule has 1 aromatic heterocycles. The van der Waals surface area contributed by atoms with Gasteiger partial charge in [-0.25, -0.2) is 4.98 Å². The number of anilines is 1. The molecular formula is C27H28ClF3N4O4. The molecule has 3 heterocycles. The van der Waals surface area contributed by atoms with E-state index >= 15 is 0 Å². The fraction of sp³-hybridized carbons (Fsp3) is 0.444. The van der Waals surface area contributed by atoms with Crippen LogP contribution < -0.4 is 15.8 Å². The van der Waals surface area contributed by atoms with Crippen LogP contribution in [-0.2, 0) is 9.53 Å². The summed E-state index contributed by atoms with van der Waals surface area (Å²) in [7, 11) is 0. The van der Waals surface area contributed by atoms with E-state index < -0.39 is 24.3 Å². The van der Waals surface area contributed by atoms with Crippen molar-refractivity contribution in [3.63, 3.8) is 0 Å². The third-order valence-corrected chi connectivity index (χ3v) is 7.74. The molecule has 0 amide bonds. The number of allylic oxidation sites excluding steroid dienone is 2. The van der Waals surface area contributed by atoms with Crippen molar-refractivity contribution in [2.24, 2.45) is 5.41 Å². The maximum atomic E-state index is 14.4. The number of nitrogens with zero attached hydrogens (tertiary/aromatic N) is 2. The molecule has 2 aliphatic heterocycles. The van der Waals surface area contributed by atoms with Gasteiger partial charge in [-0.05, 0) is 66.4 Å². The van der Waals surface area contributed by atoms with Crippen LogP contribution in [0.2, 0.25) is 5.02 Å². The van der Waals surface area contributed by atoms with Gasteiger partial charge in [-0.2, -0.15) is 18.2 Å². The molecule has 1 spiro atoms. The van der Waals surface area contributed by atoms with Crippen LogP contribution in [0, 0.1) is 5.41 Å². The maximum Gasteiger partial charge on any atom is 0.429 e. The third kappa shape index (κ3) is 6.05. The van der Waals surface area contributed by atoms with E-state index in [0.717, 1.165) is 5.57 Å². The number of nitrogens with two attached hydrogens (primary N) is 1. The Kier molecular flexibility index (Phi) is 7.58. The number of hydrogen-bond acceptors (Lipinski definition) is 7. The Morgan fingerprint density at radius 2 is 2.08 bits per heavy atom. The molecule has 1 fully saturated rings. The Morgan fingerprint density at radius 3 is 2.72 bits per heavy atom. The van der Waals surface area contributed by atoms with Crippen LogP contribution in [0.1, 0.15) is 55.0 Å². The summed E-state index contributed by atoms with van der Waals surface area (Å²) < 4.78 is 54.2. The zero-order valence-electron chi connectivity index (χ0n) is 20.9. The van der Waals surface area contributed by atoms with Gasteiger partial charge in [0, 0.05) is 23.2 Å². The minimum Gasteiger partial charge on any atom is -0.480 e. The molecule has 5 rings (SSSR count). The average Bonchev–Trinajstić information content (AvgIpc) is 3.31. The predicted octanol–water partition coefficient (Wildman–Crippen LogP) is 5.20. The van der Waals surface area contributed by atoms with Crippen molar-refractivity contribution in [1.82, 2.24) is 15.3 Å². The number of nitrogen functional groups attached to an aromatic ring is 1. The van der Waals surface area contributed by atoms with Crippen LogP contribution in [0.25, 0.3) is 11.1 Å². The van der Waals surface area contributed by atoms with Crippen molar-refractivity contribution in [2.75, 3.05) is 25.5 Å². The van der Waals surface area contributed by atoms with Crippen molar-refractivity contribution < 1.29 is 32.5 Å². The summed E-state index contributed by atoms with van der Waals surface area (Å²) in [5.41, 5.74) is 7.71. The fourth-order valence-corrected chi connectivity index (χ4v) is 5.66. The van der Waals surface area contributed by atoms with E-state index in [1.807, 2.05) is 12.2 Å². The number of aliphatic carboxylic acids is 1. The maximum absolute atomic E-state index is 14.4. The van der Waals surface area contributed by atoms with E-state index in [0.29, 0.717) is 67.1 Å². The number of ether oxygens (including phenoxy) is 2. The number of carboxylic acid groups (broad SMARTS) is 1. The number of aromatic nitrogens is 2. The van der Waals surface area contributed by atoms with Gasteiger partial charge in [0.25, 0.3) is 0 Å². The van der Waals surface area contributed by atoms with Crippen molar-refractivity contribution >= 4 is 34.7 Å². The van der Waals surface area contributed by atoms with Gasteiger partial charge in [0.05, 0.1) is 18.9 Å². The van der Waals surface area contributed by atoms with Crippen LogP contribution in [0.15, 0.2) is 36.4 Å². The molecule has 1 aromatic carbocycles. The quantitative estimate of drug-likeness (QED) is 0.438. The van der Waals surface area contributed by atoms with Gasteiger partial charge in [-0.3, -0.25) is 4.79 Å². The highest BCUT2D eigenvalue weighted by Crippen LogP contribution is 2.45. The fourth-order valence-electron chi connectivity index (χ4n) is 5.49. The van der Waals surface area contributed by atoms with Crippen molar-refractivity contribution in [3.05, 3.63) is 58.3 Å². The average molecular weight is 565 g/mol. The molecule has 1 saturated heterocycles. The zero-order valence-corrected chi connectivity index (χ0v) is 21.7. The summed E-state index contributed by atoms with van der Waals surface area (Å²) in [6.45, 7) is 1.25. The summed E-state index contributed by atoms with van der Waals surface area (Å²) in [6, 6.07) is 4.96. The van der Waals surface area contributed by atoms with Gasteiger partial charge < -0.3 is 25.6 Å². The molecule has 8 nitrogen and oxygen atoms in total. The highest BCUT2D eigenvalue weighted by molar-refractivity contribution is 6.30. The Bertz CT molecular complexity index is 1330. The number of alkyl halides is 3. The Morgan fingerprint density at radius 1 is 1.26 bits per heavy atom. The van der Waals surface area contributed by atoms with Crippen LogP contribution >= 0.6 is 11.6 Å². The minimum atomic E-state index is -4.77. The smallest absolute Gasteiger partial charge is 0.429 e. The summed E-state index contributed by atoms with van der Waals surface area (Å²) in [4.78, 5) is 19.5. The Hall–Kier alpha value is -3.15. The van der Waals surface area contributed by atoms with Gasteiger partial charge >= 0.3 is 12.1 Å². The molecule has 0 bridgehead atoms. The molecule has 4 N–H and O–H groups in total. The van der Waals surface area contributed by atoms with Crippen molar-refractivity contribution in [1.29, 1.82) is 0 Å². The molecule has 1 aliphatic carbocycles. The Balaban J connectivity index is 1.43. The molecular weight excluding hydrogens is 537 g/mol. The predicted molar refractivity (Wildman–Crippen MR) is 139 cm³/mol. The lowest BCUT2D eigenvalue weighted by molar-refractivity contribution is -0.198. The highest BCUT2D eigenvalue weighted by atomic mass is 35.5. The monoisotopic (exact) mass is 564 g/mol. The second-order valence-electron chi connectivity index (χ2n) is 10.2. The van der Waals surface area contributed by atoms with Crippen molar-refractivity contribution in [3.8, 4) is 5.88 Å². The number of carboxylic acids is 1. The molecule has 3 atom stereocenters.